The number of nitriles is 1. The first kappa shape index (κ1) is 29.2. The summed E-state index contributed by atoms with van der Waals surface area (Å²) >= 11 is 5.98. The molecule has 1 aliphatic heterocycles. The number of nitrogens with zero attached hydrogens (tertiary/aromatic N) is 1. The van der Waals surface area contributed by atoms with Crippen molar-refractivity contribution < 1.29 is 33.2 Å². The van der Waals surface area contributed by atoms with E-state index in [0.717, 1.165) is 11.1 Å². The summed E-state index contributed by atoms with van der Waals surface area (Å²) in [5.41, 5.74) is 9.05. The zero-order chi connectivity index (χ0) is 30.5. The summed E-state index contributed by atoms with van der Waals surface area (Å²) < 4.78 is 33.5. The smallest absolute Gasteiger partial charge is 0.343 e. The second-order valence-electron chi connectivity index (χ2n) is 9.42. The molecule has 218 valence electrons. The molecule has 0 aliphatic carbocycles. The van der Waals surface area contributed by atoms with Gasteiger partial charge in [-0.05, 0) is 53.6 Å². The number of methoxy groups -OCH3 is 3. The van der Waals surface area contributed by atoms with Crippen molar-refractivity contribution in [3.63, 3.8) is 0 Å². The highest BCUT2D eigenvalue weighted by Gasteiger charge is 2.31. The molecule has 1 atom stereocenters. The van der Waals surface area contributed by atoms with Gasteiger partial charge >= 0.3 is 5.97 Å². The lowest BCUT2D eigenvalue weighted by molar-refractivity contribution is 0.0733. The Labute approximate surface area is 253 Å². The van der Waals surface area contributed by atoms with E-state index in [1.807, 2.05) is 36.4 Å². The Bertz CT molecular complexity index is 1720. The van der Waals surface area contributed by atoms with Gasteiger partial charge in [0.05, 0.1) is 32.8 Å². The van der Waals surface area contributed by atoms with Gasteiger partial charge in [0.2, 0.25) is 11.6 Å². The highest BCUT2D eigenvalue weighted by Crippen LogP contribution is 2.44. The number of halogens is 1. The molecule has 10 heteroatoms. The summed E-state index contributed by atoms with van der Waals surface area (Å²) in [7, 11) is 4.39. The molecule has 5 rings (SSSR count). The minimum Gasteiger partial charge on any atom is -0.493 e. The van der Waals surface area contributed by atoms with Crippen LogP contribution in [0.5, 0.6) is 34.5 Å². The van der Waals surface area contributed by atoms with Crippen LogP contribution in [0, 0.1) is 11.3 Å². The van der Waals surface area contributed by atoms with E-state index >= 15 is 0 Å². The van der Waals surface area contributed by atoms with Crippen LogP contribution in [-0.2, 0) is 6.61 Å². The van der Waals surface area contributed by atoms with Gasteiger partial charge < -0.3 is 34.2 Å². The first-order chi connectivity index (χ1) is 20.8. The molecule has 9 nitrogen and oxygen atoms in total. The number of nitrogens with two attached hydrogens (primary N) is 1. The molecule has 4 aromatic rings. The van der Waals surface area contributed by atoms with Gasteiger partial charge in [0.1, 0.15) is 35.5 Å². The number of esters is 1. The van der Waals surface area contributed by atoms with E-state index in [9.17, 15) is 10.1 Å². The van der Waals surface area contributed by atoms with Gasteiger partial charge in [-0.1, -0.05) is 41.9 Å². The van der Waals surface area contributed by atoms with E-state index in [2.05, 4.69) is 6.07 Å². The van der Waals surface area contributed by atoms with E-state index in [1.54, 1.807) is 30.3 Å². The average molecular weight is 599 g/mol. The molecule has 43 heavy (non-hydrogen) atoms. The lowest BCUT2D eigenvalue weighted by atomic mass is 9.83. The Hall–Kier alpha value is -5.33. The predicted molar refractivity (Wildman–Crippen MR) is 159 cm³/mol. The molecule has 1 heterocycles. The Morgan fingerprint density at radius 1 is 0.930 bits per heavy atom. The van der Waals surface area contributed by atoms with E-state index in [0.29, 0.717) is 45.9 Å². The fourth-order valence-electron chi connectivity index (χ4n) is 4.74. The molecule has 1 aliphatic rings. The maximum absolute atomic E-state index is 13.1. The van der Waals surface area contributed by atoms with Gasteiger partial charge in [-0.15, -0.1) is 0 Å². The number of benzene rings is 4. The summed E-state index contributed by atoms with van der Waals surface area (Å²) in [4.78, 5) is 13.1. The zero-order valence-electron chi connectivity index (χ0n) is 23.6. The largest absolute Gasteiger partial charge is 0.493 e. The highest BCUT2D eigenvalue weighted by atomic mass is 35.5. The Balaban J connectivity index is 1.41. The standard InChI is InChI=1S/C33H27ClN2O7/c1-38-28-14-21(15-29(39-2)31(28)40-3)33(37)42-24-11-12-25-27(16-24)43-32(36)26(17-35)30(25)20-5-4-6-23(13-20)41-18-19-7-9-22(34)10-8-19/h4-16,30H,18,36H2,1-3H3. The van der Waals surface area contributed by atoms with Crippen LogP contribution in [-0.4, -0.2) is 27.3 Å². The minimum absolute atomic E-state index is 0.0411. The average Bonchev–Trinajstić information content (AvgIpc) is 3.03. The van der Waals surface area contributed by atoms with E-state index < -0.39 is 11.9 Å². The molecule has 0 bridgehead atoms. The van der Waals surface area contributed by atoms with Crippen LogP contribution in [0.1, 0.15) is 33.0 Å². The van der Waals surface area contributed by atoms with Gasteiger partial charge in [0, 0.05) is 16.7 Å². The third-order valence-electron chi connectivity index (χ3n) is 6.81. The number of fused-ring (bicyclic) bond motifs is 1. The fourth-order valence-corrected chi connectivity index (χ4v) is 4.86. The third-order valence-corrected chi connectivity index (χ3v) is 7.06. The van der Waals surface area contributed by atoms with Gasteiger partial charge in [-0.3, -0.25) is 0 Å². The van der Waals surface area contributed by atoms with Crippen LogP contribution >= 0.6 is 11.6 Å². The number of carbonyl (C=O) groups is 1. The molecule has 0 fully saturated rings. The predicted octanol–water partition coefficient (Wildman–Crippen LogP) is 6.38. The molecule has 0 spiro atoms. The van der Waals surface area contributed by atoms with Gasteiger partial charge in [-0.2, -0.15) is 5.26 Å². The monoisotopic (exact) mass is 598 g/mol. The van der Waals surface area contributed by atoms with Crippen LogP contribution in [0.2, 0.25) is 5.02 Å². The van der Waals surface area contributed by atoms with Crippen molar-refractivity contribution in [2.45, 2.75) is 12.5 Å². The van der Waals surface area contributed by atoms with Crippen molar-refractivity contribution in [2.75, 3.05) is 21.3 Å². The molecule has 4 aromatic carbocycles. The maximum Gasteiger partial charge on any atom is 0.343 e. The zero-order valence-corrected chi connectivity index (χ0v) is 24.3. The van der Waals surface area contributed by atoms with Crippen LogP contribution in [0.25, 0.3) is 0 Å². The number of rotatable bonds is 9. The van der Waals surface area contributed by atoms with E-state index in [-0.39, 0.29) is 22.8 Å². The Kier molecular flexibility index (Phi) is 8.60. The number of ether oxygens (including phenoxy) is 6. The summed E-state index contributed by atoms with van der Waals surface area (Å²) in [5.74, 6) is 0.927. The van der Waals surface area contributed by atoms with Crippen molar-refractivity contribution in [3.05, 3.63) is 118 Å². The van der Waals surface area contributed by atoms with E-state index in [4.69, 9.17) is 45.8 Å². The molecule has 0 amide bonds. The normalized spacial score (nSPS) is 13.7. The summed E-state index contributed by atoms with van der Waals surface area (Å²) in [6.45, 7) is 0.342. The van der Waals surface area contributed by atoms with E-state index in [1.165, 1.54) is 33.5 Å². The Morgan fingerprint density at radius 3 is 2.30 bits per heavy atom. The van der Waals surface area contributed by atoms with Crippen LogP contribution in [0.15, 0.2) is 90.3 Å². The van der Waals surface area contributed by atoms with Crippen molar-refractivity contribution >= 4 is 17.6 Å². The maximum atomic E-state index is 13.1. The molecule has 0 saturated heterocycles. The molecule has 0 saturated carbocycles. The molecule has 0 radical (unpaired) electrons. The second-order valence-corrected chi connectivity index (χ2v) is 9.85. The second kappa shape index (κ2) is 12.7. The SMILES string of the molecule is COc1cc(C(=O)Oc2ccc3c(c2)OC(N)=C(C#N)C3c2cccc(OCc3ccc(Cl)cc3)c2)cc(OC)c1OC. The van der Waals surface area contributed by atoms with Crippen LogP contribution in [0.3, 0.4) is 0 Å². The van der Waals surface area contributed by atoms with Crippen molar-refractivity contribution in [2.24, 2.45) is 5.73 Å². The fraction of sp³-hybridized carbons (Fsp3) is 0.152. The van der Waals surface area contributed by atoms with Crippen molar-refractivity contribution in [3.8, 4) is 40.6 Å². The number of hydrogen-bond donors (Lipinski definition) is 1. The summed E-state index contributed by atoms with van der Waals surface area (Å²) in [6.07, 6.45) is 0. The third kappa shape index (κ3) is 6.15. The van der Waals surface area contributed by atoms with Gasteiger partial charge in [-0.25, -0.2) is 4.79 Å². The molecule has 1 unspecified atom stereocenters. The number of carbonyl (C=O) groups excluding carboxylic acids is 1. The van der Waals surface area contributed by atoms with Crippen molar-refractivity contribution in [1.82, 2.24) is 0 Å². The molecular formula is C33H27ClN2O7. The lowest BCUT2D eigenvalue weighted by Crippen LogP contribution is -2.21. The van der Waals surface area contributed by atoms with Crippen molar-refractivity contribution in [1.29, 1.82) is 5.26 Å². The van der Waals surface area contributed by atoms with Gasteiger partial charge in [0.15, 0.2) is 11.5 Å². The summed E-state index contributed by atoms with van der Waals surface area (Å²) in [6, 6.07) is 24.9. The number of allylic oxidation sites excluding steroid dienone is 1. The Morgan fingerprint density at radius 2 is 1.65 bits per heavy atom. The van der Waals surface area contributed by atoms with Crippen LogP contribution < -0.4 is 34.2 Å². The lowest BCUT2D eigenvalue weighted by Gasteiger charge is -2.27. The minimum atomic E-state index is -0.654. The topological polar surface area (TPSA) is 122 Å². The molecule has 0 aromatic heterocycles. The molecular weight excluding hydrogens is 572 g/mol. The van der Waals surface area contributed by atoms with Gasteiger partial charge in [0.25, 0.3) is 0 Å². The van der Waals surface area contributed by atoms with Crippen LogP contribution in [0.4, 0.5) is 0 Å². The first-order valence-corrected chi connectivity index (χ1v) is 13.4. The molecule has 2 N–H and O–H groups in total. The number of hydrogen-bond acceptors (Lipinski definition) is 9. The highest BCUT2D eigenvalue weighted by molar-refractivity contribution is 6.30. The first-order valence-electron chi connectivity index (χ1n) is 13.1. The summed E-state index contributed by atoms with van der Waals surface area (Å²) in [5, 5.41) is 10.6. The quantitative estimate of drug-likeness (QED) is 0.173.